The van der Waals surface area contributed by atoms with E-state index in [1.54, 1.807) is 17.2 Å². The second-order valence-corrected chi connectivity index (χ2v) is 8.22. The lowest BCUT2D eigenvalue weighted by molar-refractivity contribution is 0.0869. The standard InChI is InChI=1S/C20H22ClNO3S/c1-26(24)19-13-17(21)7-8-18(19)16-9-11-22(12-10-16)20(23)25-14-15-5-3-2-4-6-15/h2-8,13,16H,9-12,14H2,1H3/t26-/m1/s1. The highest BCUT2D eigenvalue weighted by atomic mass is 35.5. The lowest BCUT2D eigenvalue weighted by Gasteiger charge is -2.32. The Kier molecular flexibility index (Phi) is 6.46. The van der Waals surface area contributed by atoms with Crippen molar-refractivity contribution in [1.29, 1.82) is 0 Å². The number of carbonyl (C=O) groups excluding carboxylic acids is 1. The third-order valence-electron chi connectivity index (χ3n) is 4.68. The average molecular weight is 392 g/mol. The first-order chi connectivity index (χ1) is 12.5. The van der Waals surface area contributed by atoms with Gasteiger partial charge in [-0.05, 0) is 41.6 Å². The van der Waals surface area contributed by atoms with Crippen LogP contribution in [0, 0.1) is 0 Å². The summed E-state index contributed by atoms with van der Waals surface area (Å²) in [5, 5.41) is 0.598. The number of nitrogens with zero attached hydrogens (tertiary/aromatic N) is 1. The lowest BCUT2D eigenvalue weighted by atomic mass is 9.89. The first kappa shape index (κ1) is 19.1. The fourth-order valence-electron chi connectivity index (χ4n) is 3.28. The first-order valence-electron chi connectivity index (χ1n) is 8.63. The summed E-state index contributed by atoms with van der Waals surface area (Å²) in [6, 6.07) is 15.3. The molecule has 0 N–H and O–H groups in total. The summed E-state index contributed by atoms with van der Waals surface area (Å²) in [7, 11) is 0. The minimum Gasteiger partial charge on any atom is -0.612 e. The Balaban J connectivity index is 1.57. The third kappa shape index (κ3) is 4.72. The van der Waals surface area contributed by atoms with Crippen LogP contribution in [0.5, 0.6) is 0 Å². The molecule has 0 saturated carbocycles. The van der Waals surface area contributed by atoms with Gasteiger partial charge in [0.15, 0.2) is 4.90 Å². The molecule has 1 amide bonds. The highest BCUT2D eigenvalue weighted by Crippen LogP contribution is 2.34. The van der Waals surface area contributed by atoms with Gasteiger partial charge in [-0.25, -0.2) is 4.79 Å². The van der Waals surface area contributed by atoms with E-state index in [1.807, 2.05) is 42.5 Å². The zero-order chi connectivity index (χ0) is 18.5. The van der Waals surface area contributed by atoms with Crippen molar-refractivity contribution in [2.24, 2.45) is 0 Å². The van der Waals surface area contributed by atoms with Gasteiger partial charge in [0, 0.05) is 29.7 Å². The highest BCUT2D eigenvalue weighted by molar-refractivity contribution is 7.90. The molecule has 1 saturated heterocycles. The number of amides is 1. The Hall–Kier alpha value is -1.69. The molecular weight excluding hydrogens is 370 g/mol. The van der Waals surface area contributed by atoms with Gasteiger partial charge in [-0.1, -0.05) is 48.0 Å². The number of piperidine rings is 1. The lowest BCUT2D eigenvalue weighted by Crippen LogP contribution is -2.38. The number of likely N-dealkylation sites (tertiary alicyclic amines) is 1. The Labute approximate surface area is 162 Å². The fourth-order valence-corrected chi connectivity index (χ4v) is 4.37. The second-order valence-electron chi connectivity index (χ2n) is 6.44. The van der Waals surface area contributed by atoms with Crippen LogP contribution in [0.15, 0.2) is 53.4 Å². The summed E-state index contributed by atoms with van der Waals surface area (Å²) >= 11 is 4.96. The Morgan fingerprint density at radius 3 is 2.58 bits per heavy atom. The minimum atomic E-state index is -1.08. The molecule has 4 nitrogen and oxygen atoms in total. The highest BCUT2D eigenvalue weighted by Gasteiger charge is 2.28. The van der Waals surface area contributed by atoms with Crippen LogP contribution in [-0.4, -0.2) is 34.9 Å². The van der Waals surface area contributed by atoms with Crippen molar-refractivity contribution in [1.82, 2.24) is 4.90 Å². The van der Waals surface area contributed by atoms with Gasteiger partial charge in [-0.2, -0.15) is 0 Å². The van der Waals surface area contributed by atoms with Crippen LogP contribution in [0.2, 0.25) is 5.02 Å². The van der Waals surface area contributed by atoms with E-state index < -0.39 is 11.2 Å². The smallest absolute Gasteiger partial charge is 0.410 e. The predicted octanol–water partition coefficient (Wildman–Crippen LogP) is 4.59. The number of benzene rings is 2. The van der Waals surface area contributed by atoms with E-state index in [4.69, 9.17) is 16.3 Å². The van der Waals surface area contributed by atoms with Gasteiger partial charge in [0.1, 0.15) is 12.9 Å². The zero-order valence-corrected chi connectivity index (χ0v) is 16.3. The van der Waals surface area contributed by atoms with Crippen molar-refractivity contribution in [2.75, 3.05) is 19.3 Å². The normalized spacial score (nSPS) is 16.3. The molecule has 2 aromatic carbocycles. The van der Waals surface area contributed by atoms with Crippen molar-refractivity contribution < 1.29 is 14.1 Å². The molecule has 1 aliphatic rings. The molecule has 1 atom stereocenters. The number of ether oxygens (including phenoxy) is 1. The van der Waals surface area contributed by atoms with Crippen LogP contribution in [0.3, 0.4) is 0 Å². The molecule has 138 valence electrons. The molecule has 1 aliphatic heterocycles. The van der Waals surface area contributed by atoms with Crippen LogP contribution in [0.1, 0.15) is 29.9 Å². The number of rotatable bonds is 4. The second kappa shape index (κ2) is 8.80. The van der Waals surface area contributed by atoms with Crippen molar-refractivity contribution >= 4 is 28.9 Å². The Bertz CT molecular complexity index is 746. The number of hydrogen-bond donors (Lipinski definition) is 0. The molecule has 0 spiro atoms. The molecule has 3 rings (SSSR count). The molecule has 6 heteroatoms. The summed E-state index contributed by atoms with van der Waals surface area (Å²) in [6.07, 6.45) is 3.05. The summed E-state index contributed by atoms with van der Waals surface area (Å²) in [6.45, 7) is 1.56. The van der Waals surface area contributed by atoms with E-state index in [0.29, 0.717) is 18.1 Å². The van der Waals surface area contributed by atoms with E-state index in [9.17, 15) is 9.35 Å². The monoisotopic (exact) mass is 391 g/mol. The maximum atomic E-state index is 12.3. The maximum Gasteiger partial charge on any atom is 0.410 e. The molecule has 1 fully saturated rings. The number of halogens is 1. The summed E-state index contributed by atoms with van der Waals surface area (Å²) < 4.78 is 17.4. The van der Waals surface area contributed by atoms with E-state index in [2.05, 4.69) is 0 Å². The molecule has 0 radical (unpaired) electrons. The Morgan fingerprint density at radius 2 is 1.92 bits per heavy atom. The third-order valence-corrected chi connectivity index (χ3v) is 5.89. The first-order valence-corrected chi connectivity index (χ1v) is 10.6. The predicted molar refractivity (Wildman–Crippen MR) is 104 cm³/mol. The van der Waals surface area contributed by atoms with E-state index in [0.717, 1.165) is 28.9 Å². The SMILES string of the molecule is C[S@@+]([O-])c1cc(Cl)ccc1C1CCN(C(=O)OCc2ccccc2)CC1. The van der Waals surface area contributed by atoms with Crippen molar-refractivity contribution in [3.05, 3.63) is 64.7 Å². The van der Waals surface area contributed by atoms with Crippen LogP contribution >= 0.6 is 11.6 Å². The Morgan fingerprint density at radius 1 is 1.23 bits per heavy atom. The summed E-state index contributed by atoms with van der Waals surface area (Å²) in [5.74, 6) is 0.282. The summed E-state index contributed by atoms with van der Waals surface area (Å²) in [4.78, 5) is 14.8. The number of carbonyl (C=O) groups is 1. The summed E-state index contributed by atoms with van der Waals surface area (Å²) in [5.41, 5.74) is 2.06. The van der Waals surface area contributed by atoms with Gasteiger partial charge < -0.3 is 14.2 Å². The van der Waals surface area contributed by atoms with Crippen LogP contribution in [-0.2, 0) is 22.5 Å². The fraction of sp³-hybridized carbons (Fsp3) is 0.350. The van der Waals surface area contributed by atoms with Gasteiger partial charge in [-0.3, -0.25) is 0 Å². The van der Waals surface area contributed by atoms with E-state index in [-0.39, 0.29) is 18.6 Å². The van der Waals surface area contributed by atoms with E-state index in [1.165, 1.54) is 0 Å². The molecule has 0 aromatic heterocycles. The van der Waals surface area contributed by atoms with Crippen molar-refractivity contribution in [2.45, 2.75) is 30.3 Å². The van der Waals surface area contributed by atoms with Crippen LogP contribution < -0.4 is 0 Å². The van der Waals surface area contributed by atoms with Gasteiger partial charge in [-0.15, -0.1) is 0 Å². The minimum absolute atomic E-state index is 0.275. The van der Waals surface area contributed by atoms with Gasteiger partial charge >= 0.3 is 6.09 Å². The quantitative estimate of drug-likeness (QED) is 0.716. The molecular formula is C20H22ClNO3S. The van der Waals surface area contributed by atoms with Gasteiger partial charge in [0.25, 0.3) is 0 Å². The average Bonchev–Trinajstić information content (AvgIpc) is 2.67. The number of hydrogen-bond acceptors (Lipinski definition) is 3. The van der Waals surface area contributed by atoms with Crippen LogP contribution in [0.4, 0.5) is 4.79 Å². The zero-order valence-electron chi connectivity index (χ0n) is 14.7. The molecule has 2 aromatic rings. The molecule has 1 heterocycles. The maximum absolute atomic E-state index is 12.3. The van der Waals surface area contributed by atoms with Gasteiger partial charge in [0.2, 0.25) is 0 Å². The van der Waals surface area contributed by atoms with Crippen LogP contribution in [0.25, 0.3) is 0 Å². The largest absolute Gasteiger partial charge is 0.612 e. The van der Waals surface area contributed by atoms with E-state index >= 15 is 0 Å². The van der Waals surface area contributed by atoms with Crippen molar-refractivity contribution in [3.8, 4) is 0 Å². The molecule has 0 aliphatic carbocycles. The molecule has 0 unspecified atom stereocenters. The topological polar surface area (TPSA) is 52.6 Å². The molecule has 26 heavy (non-hydrogen) atoms. The van der Waals surface area contributed by atoms with Crippen molar-refractivity contribution in [3.63, 3.8) is 0 Å². The van der Waals surface area contributed by atoms with Gasteiger partial charge in [0.05, 0.1) is 0 Å². The molecule has 0 bridgehead atoms.